The molecule has 0 aliphatic carbocycles. The van der Waals surface area contributed by atoms with Crippen LogP contribution in [0.5, 0.6) is 0 Å². The molecule has 0 N–H and O–H groups in total. The van der Waals surface area contributed by atoms with Crippen molar-refractivity contribution in [2.24, 2.45) is 5.92 Å². The van der Waals surface area contributed by atoms with Crippen molar-refractivity contribution >= 4 is 0 Å². The molecule has 1 radical (unpaired) electrons. The first-order valence-electron chi connectivity index (χ1n) is 9.14. The van der Waals surface area contributed by atoms with Gasteiger partial charge in [0.2, 0.25) is 0 Å². The smallest absolute Gasteiger partial charge is 0.0386 e. The van der Waals surface area contributed by atoms with E-state index in [9.17, 15) is 0 Å². The maximum Gasteiger partial charge on any atom is -0.0386 e. The highest BCUT2D eigenvalue weighted by Gasteiger charge is 2.02. The van der Waals surface area contributed by atoms with Gasteiger partial charge in [-0.15, -0.1) is 0 Å². The Hall–Kier alpha value is 0. The van der Waals surface area contributed by atoms with Gasteiger partial charge in [-0.3, -0.25) is 0 Å². The topological polar surface area (TPSA) is 0 Å². The van der Waals surface area contributed by atoms with Crippen molar-refractivity contribution in [3.63, 3.8) is 0 Å². The Bertz CT molecular complexity index is 146. The predicted molar refractivity (Wildman–Crippen MR) is 89.5 cm³/mol. The summed E-state index contributed by atoms with van der Waals surface area (Å²) in [6, 6.07) is 0. The minimum absolute atomic E-state index is 0.878. The molecule has 0 heterocycles. The van der Waals surface area contributed by atoms with E-state index in [4.69, 9.17) is 0 Å². The first-order chi connectivity index (χ1) is 9.35. The molecule has 0 saturated heterocycles. The number of rotatable bonds is 15. The highest BCUT2D eigenvalue weighted by atomic mass is 14.1. The molecule has 0 spiro atoms. The van der Waals surface area contributed by atoms with Gasteiger partial charge in [0.25, 0.3) is 0 Å². The van der Waals surface area contributed by atoms with Crippen LogP contribution in [0.4, 0.5) is 0 Å². The molecule has 0 amide bonds. The van der Waals surface area contributed by atoms with Crippen LogP contribution in [0.3, 0.4) is 0 Å². The maximum absolute atomic E-state index is 2.39. The Kier molecular flexibility index (Phi) is 16.1. The molecule has 0 saturated carbocycles. The lowest BCUT2D eigenvalue weighted by Crippen LogP contribution is -1.96. The molecule has 1 atom stereocenters. The van der Waals surface area contributed by atoms with E-state index in [1.54, 1.807) is 0 Å². The van der Waals surface area contributed by atoms with Crippen LogP contribution in [-0.2, 0) is 0 Å². The molecule has 0 aromatic carbocycles. The van der Waals surface area contributed by atoms with Gasteiger partial charge in [0, 0.05) is 0 Å². The minimum atomic E-state index is 0.878. The summed E-state index contributed by atoms with van der Waals surface area (Å²) >= 11 is 0. The summed E-state index contributed by atoms with van der Waals surface area (Å²) in [5, 5.41) is 0. The van der Waals surface area contributed by atoms with Crippen LogP contribution < -0.4 is 0 Å². The largest absolute Gasteiger partial charge is 0.0654 e. The molecule has 0 nitrogen and oxygen atoms in total. The number of hydrogen-bond acceptors (Lipinski definition) is 0. The second-order valence-electron chi connectivity index (χ2n) is 6.18. The van der Waals surface area contributed by atoms with Gasteiger partial charge in [-0.1, -0.05) is 111 Å². The van der Waals surface area contributed by atoms with E-state index in [1.165, 1.54) is 89.9 Å². The Balaban J connectivity index is 3.02. The third kappa shape index (κ3) is 14.2. The average molecular weight is 268 g/mol. The van der Waals surface area contributed by atoms with E-state index in [2.05, 4.69) is 27.2 Å². The molecule has 0 fully saturated rings. The molecule has 1 unspecified atom stereocenters. The molecule has 0 rings (SSSR count). The van der Waals surface area contributed by atoms with Crippen molar-refractivity contribution in [2.45, 2.75) is 111 Å². The van der Waals surface area contributed by atoms with Crippen LogP contribution in [0.1, 0.15) is 111 Å². The average Bonchev–Trinajstić information content (AvgIpc) is 2.44. The van der Waals surface area contributed by atoms with Gasteiger partial charge in [-0.2, -0.15) is 0 Å². The van der Waals surface area contributed by atoms with Crippen LogP contribution in [0.2, 0.25) is 0 Å². The quantitative estimate of drug-likeness (QED) is 0.272. The first-order valence-corrected chi connectivity index (χ1v) is 9.14. The lowest BCUT2D eigenvalue weighted by molar-refractivity contribution is 0.481. The zero-order valence-electron chi connectivity index (χ0n) is 14.1. The molecule has 0 heteroatoms. The molecular formula is C19H39. The van der Waals surface area contributed by atoms with Crippen LogP contribution in [-0.4, -0.2) is 0 Å². The van der Waals surface area contributed by atoms with E-state index in [-0.39, 0.29) is 0 Å². The molecule has 0 aliphatic heterocycles. The van der Waals surface area contributed by atoms with Gasteiger partial charge in [0.15, 0.2) is 0 Å². The molecular weight excluding hydrogens is 228 g/mol. The summed E-state index contributed by atoms with van der Waals surface area (Å²) in [6.45, 7) is 6.82. The Morgan fingerprint density at radius 2 is 1.05 bits per heavy atom. The zero-order valence-corrected chi connectivity index (χ0v) is 14.1. The summed E-state index contributed by atoms with van der Waals surface area (Å²) in [6.07, 6.45) is 22.6. The third-order valence-corrected chi connectivity index (χ3v) is 4.42. The summed E-state index contributed by atoms with van der Waals surface area (Å²) in [5.74, 6) is 0.878. The highest BCUT2D eigenvalue weighted by Crippen LogP contribution is 2.17. The lowest BCUT2D eigenvalue weighted by Gasteiger charge is -2.10. The van der Waals surface area contributed by atoms with Crippen molar-refractivity contribution in [1.29, 1.82) is 0 Å². The summed E-state index contributed by atoms with van der Waals surface area (Å²) in [5.41, 5.74) is 0. The van der Waals surface area contributed by atoms with Gasteiger partial charge in [-0.05, 0) is 12.3 Å². The van der Waals surface area contributed by atoms with Gasteiger partial charge >= 0.3 is 0 Å². The van der Waals surface area contributed by atoms with E-state index < -0.39 is 0 Å². The minimum Gasteiger partial charge on any atom is -0.0654 e. The Labute approximate surface area is 123 Å². The fraction of sp³-hybridized carbons (Fsp3) is 0.947. The van der Waals surface area contributed by atoms with Crippen molar-refractivity contribution < 1.29 is 0 Å². The van der Waals surface area contributed by atoms with Crippen molar-refractivity contribution in [3.05, 3.63) is 6.42 Å². The normalized spacial score (nSPS) is 11.4. The second kappa shape index (κ2) is 16.1. The molecule has 0 aliphatic rings. The monoisotopic (exact) mass is 267 g/mol. The predicted octanol–water partition coefficient (Wildman–Crippen LogP) is 7.33. The van der Waals surface area contributed by atoms with Crippen molar-refractivity contribution in [3.8, 4) is 0 Å². The summed E-state index contributed by atoms with van der Waals surface area (Å²) in [4.78, 5) is 0. The van der Waals surface area contributed by atoms with E-state index in [1.807, 2.05) is 0 Å². The Morgan fingerprint density at radius 1 is 0.632 bits per heavy atom. The van der Waals surface area contributed by atoms with E-state index in [0.29, 0.717) is 0 Å². The van der Waals surface area contributed by atoms with Crippen molar-refractivity contribution in [2.75, 3.05) is 0 Å². The summed E-state index contributed by atoms with van der Waals surface area (Å²) in [7, 11) is 0. The molecule has 115 valence electrons. The van der Waals surface area contributed by atoms with Crippen molar-refractivity contribution in [1.82, 2.24) is 0 Å². The van der Waals surface area contributed by atoms with Crippen LogP contribution >= 0.6 is 0 Å². The number of hydrogen-bond donors (Lipinski definition) is 0. The third-order valence-electron chi connectivity index (χ3n) is 4.42. The van der Waals surface area contributed by atoms with Crippen LogP contribution in [0.15, 0.2) is 0 Å². The highest BCUT2D eigenvalue weighted by molar-refractivity contribution is 4.69. The standard InChI is InChI=1S/C19H39/c1-4-7-8-9-10-11-12-13-14-15-16-17-18-19(5-2)6-3/h5,19H,4,6-18H2,1-3H3. The Morgan fingerprint density at radius 3 is 1.42 bits per heavy atom. The fourth-order valence-electron chi connectivity index (χ4n) is 2.85. The van der Waals surface area contributed by atoms with Gasteiger partial charge in [0.1, 0.15) is 0 Å². The number of unbranched alkanes of at least 4 members (excludes halogenated alkanes) is 11. The van der Waals surface area contributed by atoms with E-state index >= 15 is 0 Å². The fourth-order valence-corrected chi connectivity index (χ4v) is 2.85. The maximum atomic E-state index is 2.39. The zero-order chi connectivity index (χ0) is 14.2. The first kappa shape index (κ1) is 19.0. The molecule has 0 bridgehead atoms. The lowest BCUT2D eigenvalue weighted by atomic mass is 9.95. The SMILES string of the molecule is C[CH]C(CC)CCCCCCCCCCCCCC. The van der Waals surface area contributed by atoms with Gasteiger partial charge < -0.3 is 0 Å². The molecule has 0 aromatic heterocycles. The van der Waals surface area contributed by atoms with E-state index in [0.717, 1.165) is 5.92 Å². The molecule has 0 aromatic rings. The van der Waals surface area contributed by atoms with Crippen LogP contribution in [0.25, 0.3) is 0 Å². The van der Waals surface area contributed by atoms with Gasteiger partial charge in [0.05, 0.1) is 0 Å². The molecule has 19 heavy (non-hydrogen) atoms. The second-order valence-corrected chi connectivity index (χ2v) is 6.18. The van der Waals surface area contributed by atoms with Crippen LogP contribution in [0, 0.1) is 12.3 Å². The van der Waals surface area contributed by atoms with Gasteiger partial charge in [-0.25, -0.2) is 0 Å². The summed E-state index contributed by atoms with van der Waals surface area (Å²) < 4.78 is 0.